The summed E-state index contributed by atoms with van der Waals surface area (Å²) in [5, 5.41) is 0. The number of amides is 1. The van der Waals surface area contributed by atoms with Gasteiger partial charge in [-0.25, -0.2) is 8.42 Å². The molecule has 0 aliphatic rings. The molecule has 1 rings (SSSR count). The number of nitrogens with zero attached hydrogens (tertiary/aromatic N) is 1. The fraction of sp³-hybridized carbons (Fsp3) is 0.273. The number of ether oxygens (including phenoxy) is 1. The van der Waals surface area contributed by atoms with Gasteiger partial charge in [0.15, 0.2) is 15.8 Å². The highest BCUT2D eigenvalue weighted by Crippen LogP contribution is 2.32. The number of carbonyl (C=O) groups is 1. The summed E-state index contributed by atoms with van der Waals surface area (Å²) in [5.41, 5.74) is 9.82. The summed E-state index contributed by atoms with van der Waals surface area (Å²) in [6.45, 7) is 1.28. The van der Waals surface area contributed by atoms with Gasteiger partial charge in [0.25, 0.3) is 5.91 Å². The summed E-state index contributed by atoms with van der Waals surface area (Å²) in [5.74, 6) is -2.49. The Kier molecular flexibility index (Phi) is 4.70. The lowest BCUT2D eigenvalue weighted by Gasteiger charge is -2.14. The molecule has 0 saturated heterocycles. The maximum Gasteiger partial charge on any atom is 0.573 e. The van der Waals surface area contributed by atoms with Crippen LogP contribution in [0.15, 0.2) is 22.0 Å². The molecule has 0 saturated carbocycles. The first-order valence-electron chi connectivity index (χ1n) is 5.55. The van der Waals surface area contributed by atoms with Crippen molar-refractivity contribution in [3.8, 4) is 5.75 Å². The number of nitrogens with two attached hydrogens (primary N) is 2. The third kappa shape index (κ3) is 4.62. The van der Waals surface area contributed by atoms with E-state index < -0.39 is 38.7 Å². The highest BCUT2D eigenvalue weighted by atomic mass is 32.2. The normalized spacial score (nSPS) is 11.9. The molecule has 0 aromatic heterocycles. The highest BCUT2D eigenvalue weighted by Gasteiger charge is 2.34. The van der Waals surface area contributed by atoms with Gasteiger partial charge in [-0.1, -0.05) is 0 Å². The second-order valence-electron chi connectivity index (χ2n) is 4.28. The zero-order chi connectivity index (χ0) is 17.3. The average molecular weight is 339 g/mol. The van der Waals surface area contributed by atoms with Gasteiger partial charge in [0, 0.05) is 11.8 Å². The third-order valence-electron chi connectivity index (χ3n) is 2.38. The smallest absolute Gasteiger partial charge is 0.404 e. The van der Waals surface area contributed by atoms with Crippen LogP contribution in [0.4, 0.5) is 13.2 Å². The summed E-state index contributed by atoms with van der Waals surface area (Å²) in [7, 11) is -4.10. The van der Waals surface area contributed by atoms with Crippen molar-refractivity contribution in [2.45, 2.75) is 18.2 Å². The third-order valence-corrected chi connectivity index (χ3v) is 3.49. The van der Waals surface area contributed by atoms with Gasteiger partial charge in [0.05, 0.1) is 0 Å². The number of halogens is 3. The average Bonchev–Trinajstić information content (AvgIpc) is 2.23. The lowest BCUT2D eigenvalue weighted by Crippen LogP contribution is -2.24. The van der Waals surface area contributed by atoms with Crippen LogP contribution in [0.1, 0.15) is 15.9 Å². The second-order valence-corrected chi connectivity index (χ2v) is 6.26. The summed E-state index contributed by atoms with van der Waals surface area (Å²) in [4.78, 5) is 14.2. The van der Waals surface area contributed by atoms with Crippen molar-refractivity contribution in [2.75, 3.05) is 6.26 Å². The van der Waals surface area contributed by atoms with E-state index in [2.05, 4.69) is 9.73 Å². The number of aryl methyl sites for hydroxylation is 1. The molecule has 22 heavy (non-hydrogen) atoms. The van der Waals surface area contributed by atoms with Gasteiger partial charge in [-0.3, -0.25) is 4.79 Å². The van der Waals surface area contributed by atoms with Crippen LogP contribution in [0, 0.1) is 6.92 Å². The van der Waals surface area contributed by atoms with Crippen molar-refractivity contribution >= 4 is 21.7 Å². The SMILES string of the molecule is Cc1cc(OC(F)(F)F)c(S(C)(=O)=O)cc1C(=O)N=C(N)N. The molecular formula is C11H12F3N3O4S. The summed E-state index contributed by atoms with van der Waals surface area (Å²) < 4.78 is 63.9. The molecule has 7 nitrogen and oxygen atoms in total. The number of benzene rings is 1. The van der Waals surface area contributed by atoms with E-state index in [1.165, 1.54) is 6.92 Å². The van der Waals surface area contributed by atoms with Crippen LogP contribution in [0.5, 0.6) is 5.75 Å². The Hall–Kier alpha value is -2.30. The molecule has 0 spiro atoms. The number of rotatable bonds is 3. The number of alkyl halides is 3. The standard InChI is InChI=1S/C11H12F3N3O4S/c1-5-3-7(21-11(12,13)14)8(22(2,19)20)4-6(5)9(18)17-10(15)16/h3-4H,1-2H3,(H4,15,16,17,18). The van der Waals surface area contributed by atoms with E-state index in [1.807, 2.05) is 0 Å². The quantitative estimate of drug-likeness (QED) is 0.617. The second kappa shape index (κ2) is 5.83. The lowest BCUT2D eigenvalue weighted by molar-refractivity contribution is -0.275. The maximum absolute atomic E-state index is 12.3. The topological polar surface area (TPSA) is 125 Å². The number of hydrogen-bond donors (Lipinski definition) is 2. The molecule has 0 aliphatic heterocycles. The number of sulfone groups is 1. The summed E-state index contributed by atoms with van der Waals surface area (Å²) >= 11 is 0. The first-order chi connectivity index (χ1) is 9.81. The van der Waals surface area contributed by atoms with Crippen LogP contribution >= 0.6 is 0 Å². The van der Waals surface area contributed by atoms with E-state index in [0.717, 1.165) is 12.1 Å². The molecule has 0 aliphatic carbocycles. The molecule has 1 amide bonds. The Bertz CT molecular complexity index is 738. The number of guanidine groups is 1. The fourth-order valence-corrected chi connectivity index (χ4v) is 2.36. The van der Waals surface area contributed by atoms with Crippen molar-refractivity contribution in [3.05, 3.63) is 23.3 Å². The van der Waals surface area contributed by atoms with Gasteiger partial charge in [0.2, 0.25) is 0 Å². The van der Waals surface area contributed by atoms with Crippen LogP contribution < -0.4 is 16.2 Å². The molecule has 0 heterocycles. The van der Waals surface area contributed by atoms with E-state index in [0.29, 0.717) is 6.26 Å². The monoisotopic (exact) mass is 339 g/mol. The Balaban J connectivity index is 3.56. The first-order valence-corrected chi connectivity index (χ1v) is 7.45. The van der Waals surface area contributed by atoms with Crippen LogP contribution in [0.25, 0.3) is 0 Å². The molecule has 0 unspecified atom stereocenters. The highest BCUT2D eigenvalue weighted by molar-refractivity contribution is 7.90. The minimum Gasteiger partial charge on any atom is -0.404 e. The molecular weight excluding hydrogens is 327 g/mol. The van der Waals surface area contributed by atoms with Gasteiger partial charge in [-0.05, 0) is 24.6 Å². The molecule has 0 radical (unpaired) electrons. The zero-order valence-corrected chi connectivity index (χ0v) is 12.2. The maximum atomic E-state index is 12.3. The largest absolute Gasteiger partial charge is 0.573 e. The van der Waals surface area contributed by atoms with E-state index in [4.69, 9.17) is 11.5 Å². The summed E-state index contributed by atoms with van der Waals surface area (Å²) in [6, 6.07) is 1.51. The van der Waals surface area contributed by atoms with E-state index in [1.54, 1.807) is 0 Å². The molecule has 0 fully saturated rings. The van der Waals surface area contributed by atoms with Crippen molar-refractivity contribution in [1.82, 2.24) is 0 Å². The fourth-order valence-electron chi connectivity index (χ4n) is 1.56. The minimum absolute atomic E-state index is 0.0154. The van der Waals surface area contributed by atoms with Crippen molar-refractivity contribution in [1.29, 1.82) is 0 Å². The number of hydrogen-bond acceptors (Lipinski definition) is 4. The Morgan fingerprint density at radius 3 is 2.23 bits per heavy atom. The molecule has 122 valence electrons. The molecule has 0 atom stereocenters. The molecule has 11 heteroatoms. The zero-order valence-electron chi connectivity index (χ0n) is 11.4. The molecule has 1 aromatic rings. The van der Waals surface area contributed by atoms with Crippen LogP contribution in [-0.2, 0) is 9.84 Å². The molecule has 1 aromatic carbocycles. The van der Waals surface area contributed by atoms with Gasteiger partial charge in [-0.15, -0.1) is 13.2 Å². The van der Waals surface area contributed by atoms with E-state index in [9.17, 15) is 26.4 Å². The minimum atomic E-state index is -5.09. The van der Waals surface area contributed by atoms with Crippen molar-refractivity contribution in [2.24, 2.45) is 16.5 Å². The molecule has 0 bridgehead atoms. The number of aliphatic imine (C=N–C) groups is 1. The Morgan fingerprint density at radius 1 is 1.27 bits per heavy atom. The van der Waals surface area contributed by atoms with Crippen LogP contribution in [0.3, 0.4) is 0 Å². The van der Waals surface area contributed by atoms with Crippen LogP contribution in [-0.4, -0.2) is 32.9 Å². The predicted octanol–water partition coefficient (Wildman–Crippen LogP) is 0.711. The Morgan fingerprint density at radius 2 is 1.82 bits per heavy atom. The van der Waals surface area contributed by atoms with E-state index >= 15 is 0 Å². The summed E-state index contributed by atoms with van der Waals surface area (Å²) in [6.07, 6.45) is -4.41. The van der Waals surface area contributed by atoms with Gasteiger partial charge < -0.3 is 16.2 Å². The van der Waals surface area contributed by atoms with Crippen LogP contribution in [0.2, 0.25) is 0 Å². The number of carbonyl (C=O) groups excluding carboxylic acids is 1. The predicted molar refractivity (Wildman–Crippen MR) is 71.1 cm³/mol. The van der Waals surface area contributed by atoms with Crippen molar-refractivity contribution < 1.29 is 31.1 Å². The first kappa shape index (κ1) is 17.8. The lowest BCUT2D eigenvalue weighted by atomic mass is 10.1. The van der Waals surface area contributed by atoms with Crippen molar-refractivity contribution in [3.63, 3.8) is 0 Å². The van der Waals surface area contributed by atoms with Gasteiger partial charge >= 0.3 is 6.36 Å². The van der Waals surface area contributed by atoms with Gasteiger partial charge in [0.1, 0.15) is 10.6 Å². The van der Waals surface area contributed by atoms with Gasteiger partial charge in [-0.2, -0.15) is 4.99 Å². The molecule has 4 N–H and O–H groups in total. The van der Waals surface area contributed by atoms with E-state index in [-0.39, 0.29) is 11.1 Å². The Labute approximate surface area is 123 Å².